The predicted molar refractivity (Wildman–Crippen MR) is 87.3 cm³/mol. The van der Waals surface area contributed by atoms with Gasteiger partial charge in [0.25, 0.3) is 11.8 Å². The molecule has 2 aromatic rings. The largest absolute Gasteiger partial charge is 0.356 e. The lowest BCUT2D eigenvalue weighted by Crippen LogP contribution is -2.24. The number of nitriles is 1. The Balaban J connectivity index is 2.17. The minimum atomic E-state index is -0.360. The Hall–Kier alpha value is -3.07. The van der Waals surface area contributed by atoms with Crippen molar-refractivity contribution in [2.75, 3.05) is 11.9 Å². The quantitative estimate of drug-likeness (QED) is 0.791. The van der Waals surface area contributed by atoms with Crippen molar-refractivity contribution in [1.82, 2.24) is 10.3 Å². The molecule has 0 aliphatic heterocycles. The van der Waals surface area contributed by atoms with Crippen molar-refractivity contribution in [1.29, 1.82) is 5.26 Å². The van der Waals surface area contributed by atoms with E-state index in [1.807, 2.05) is 19.9 Å². The van der Waals surface area contributed by atoms with Crippen LogP contribution in [-0.2, 0) is 0 Å². The number of hydrogen-bond acceptors (Lipinski definition) is 3. The van der Waals surface area contributed by atoms with Gasteiger partial charge in [-0.25, -0.2) is 0 Å². The van der Waals surface area contributed by atoms with Gasteiger partial charge in [0.1, 0.15) is 11.8 Å². The number of carbonyl (C=O) groups excluding carboxylic acids is 2. The Labute approximate surface area is 134 Å². The summed E-state index contributed by atoms with van der Waals surface area (Å²) in [5.74, 6) is -0.533. The molecule has 23 heavy (non-hydrogen) atoms. The summed E-state index contributed by atoms with van der Waals surface area (Å²) in [6.45, 7) is 4.43. The van der Waals surface area contributed by atoms with Crippen LogP contribution in [0.25, 0.3) is 0 Å². The molecule has 1 heterocycles. The summed E-state index contributed by atoms with van der Waals surface area (Å²) in [5.41, 5.74) is 2.58. The fourth-order valence-corrected chi connectivity index (χ4v) is 2.02. The number of aromatic nitrogens is 1. The maximum Gasteiger partial charge on any atom is 0.272 e. The SMILES string of the molecule is CCCNC(=O)c1ccc(C)c(NC(=O)c2cc(C#N)c[nH]2)c1. The maximum atomic E-state index is 12.2. The van der Waals surface area contributed by atoms with Crippen LogP contribution in [0.1, 0.15) is 45.3 Å². The summed E-state index contributed by atoms with van der Waals surface area (Å²) in [7, 11) is 0. The molecule has 0 fully saturated rings. The number of hydrogen-bond donors (Lipinski definition) is 3. The number of anilines is 1. The van der Waals surface area contributed by atoms with Gasteiger partial charge in [0.05, 0.1) is 5.56 Å². The molecule has 3 N–H and O–H groups in total. The van der Waals surface area contributed by atoms with Crippen molar-refractivity contribution in [3.63, 3.8) is 0 Å². The number of nitrogens with zero attached hydrogens (tertiary/aromatic N) is 1. The van der Waals surface area contributed by atoms with Gasteiger partial charge in [-0.15, -0.1) is 0 Å². The highest BCUT2D eigenvalue weighted by Crippen LogP contribution is 2.18. The summed E-state index contributed by atoms with van der Waals surface area (Å²) in [6, 6.07) is 8.58. The number of H-pyrrole nitrogens is 1. The van der Waals surface area contributed by atoms with Crippen LogP contribution in [0, 0.1) is 18.3 Å². The van der Waals surface area contributed by atoms with Gasteiger partial charge in [0.15, 0.2) is 0 Å². The van der Waals surface area contributed by atoms with E-state index in [2.05, 4.69) is 15.6 Å². The fourth-order valence-electron chi connectivity index (χ4n) is 2.02. The number of nitrogens with one attached hydrogen (secondary N) is 3. The lowest BCUT2D eigenvalue weighted by atomic mass is 10.1. The second kappa shape index (κ2) is 7.27. The molecule has 0 radical (unpaired) electrons. The highest BCUT2D eigenvalue weighted by atomic mass is 16.2. The van der Waals surface area contributed by atoms with Gasteiger partial charge in [0.2, 0.25) is 0 Å². The van der Waals surface area contributed by atoms with Gasteiger partial charge < -0.3 is 15.6 Å². The van der Waals surface area contributed by atoms with Gasteiger partial charge >= 0.3 is 0 Å². The molecule has 0 bridgehead atoms. The first-order valence-corrected chi connectivity index (χ1v) is 7.34. The zero-order valence-corrected chi connectivity index (χ0v) is 13.1. The second-order valence-electron chi connectivity index (χ2n) is 5.15. The lowest BCUT2D eigenvalue weighted by molar-refractivity contribution is 0.0952. The Morgan fingerprint density at radius 1 is 1.26 bits per heavy atom. The molecule has 118 valence electrons. The molecule has 0 unspecified atom stereocenters. The summed E-state index contributed by atoms with van der Waals surface area (Å²) in [6.07, 6.45) is 2.33. The Bertz CT molecular complexity index is 771. The molecule has 0 aliphatic carbocycles. The minimum absolute atomic E-state index is 0.172. The number of carbonyl (C=O) groups is 2. The maximum absolute atomic E-state index is 12.2. The van der Waals surface area contributed by atoms with Gasteiger partial charge in [-0.2, -0.15) is 5.26 Å². The summed E-state index contributed by atoms with van der Waals surface area (Å²) in [4.78, 5) is 26.9. The molecule has 0 aliphatic rings. The third-order valence-corrected chi connectivity index (χ3v) is 3.34. The summed E-state index contributed by atoms with van der Waals surface area (Å²) < 4.78 is 0. The van der Waals surface area contributed by atoms with Crippen LogP contribution in [0.3, 0.4) is 0 Å². The minimum Gasteiger partial charge on any atom is -0.356 e. The van der Waals surface area contributed by atoms with Crippen LogP contribution in [0.2, 0.25) is 0 Å². The zero-order chi connectivity index (χ0) is 16.8. The average Bonchev–Trinajstić information content (AvgIpc) is 3.03. The zero-order valence-electron chi connectivity index (χ0n) is 13.1. The number of aryl methyl sites for hydroxylation is 1. The second-order valence-corrected chi connectivity index (χ2v) is 5.15. The highest BCUT2D eigenvalue weighted by Gasteiger charge is 2.12. The predicted octanol–water partition coefficient (Wildman–Crippen LogP) is 2.59. The Morgan fingerprint density at radius 2 is 2.04 bits per heavy atom. The van der Waals surface area contributed by atoms with Crippen molar-refractivity contribution in [3.8, 4) is 6.07 Å². The van der Waals surface area contributed by atoms with Crippen LogP contribution in [0.5, 0.6) is 0 Å². The molecule has 0 saturated heterocycles. The molecule has 2 rings (SSSR count). The standard InChI is InChI=1S/C17H18N4O2/c1-3-6-19-16(22)13-5-4-11(2)14(8-13)21-17(23)15-7-12(9-18)10-20-15/h4-5,7-8,10,20H,3,6H2,1-2H3,(H,19,22)(H,21,23). The number of benzene rings is 1. The van der Waals surface area contributed by atoms with Crippen molar-refractivity contribution in [2.24, 2.45) is 0 Å². The van der Waals surface area contributed by atoms with Crippen molar-refractivity contribution < 1.29 is 9.59 Å². The molecule has 0 saturated carbocycles. The van der Waals surface area contributed by atoms with Gasteiger partial charge in [0, 0.05) is 24.0 Å². The number of aromatic amines is 1. The van der Waals surface area contributed by atoms with Gasteiger partial charge in [-0.05, 0) is 37.1 Å². The Kier molecular flexibility index (Phi) is 5.15. The third-order valence-electron chi connectivity index (χ3n) is 3.34. The smallest absolute Gasteiger partial charge is 0.272 e. The summed E-state index contributed by atoms with van der Waals surface area (Å²) >= 11 is 0. The molecule has 6 nitrogen and oxygen atoms in total. The first-order valence-electron chi connectivity index (χ1n) is 7.34. The molecular weight excluding hydrogens is 292 g/mol. The van der Waals surface area contributed by atoms with Gasteiger partial charge in [-0.1, -0.05) is 13.0 Å². The molecule has 1 aromatic heterocycles. The fraction of sp³-hybridized carbons (Fsp3) is 0.235. The molecule has 2 amide bonds. The first-order chi connectivity index (χ1) is 11.0. The van der Waals surface area contributed by atoms with Crippen LogP contribution >= 0.6 is 0 Å². The molecule has 0 spiro atoms. The third kappa shape index (κ3) is 3.98. The highest BCUT2D eigenvalue weighted by molar-refractivity contribution is 6.04. The van der Waals surface area contributed by atoms with E-state index in [4.69, 9.17) is 5.26 Å². The summed E-state index contributed by atoms with van der Waals surface area (Å²) in [5, 5.41) is 14.3. The van der Waals surface area contributed by atoms with Crippen molar-refractivity contribution in [2.45, 2.75) is 20.3 Å². The van der Waals surface area contributed by atoms with E-state index in [9.17, 15) is 9.59 Å². The molecule has 1 aromatic carbocycles. The molecular formula is C17H18N4O2. The van der Waals surface area contributed by atoms with E-state index in [1.54, 1.807) is 18.2 Å². The molecule has 6 heteroatoms. The van der Waals surface area contributed by atoms with Crippen LogP contribution in [0.15, 0.2) is 30.5 Å². The van der Waals surface area contributed by atoms with Crippen LogP contribution in [-0.4, -0.2) is 23.3 Å². The van der Waals surface area contributed by atoms with Crippen molar-refractivity contribution >= 4 is 17.5 Å². The average molecular weight is 310 g/mol. The van der Waals surface area contributed by atoms with Gasteiger partial charge in [-0.3, -0.25) is 9.59 Å². The normalized spacial score (nSPS) is 9.96. The topological polar surface area (TPSA) is 97.8 Å². The monoisotopic (exact) mass is 310 g/mol. The number of rotatable bonds is 5. The van der Waals surface area contributed by atoms with Crippen molar-refractivity contribution in [3.05, 3.63) is 52.8 Å². The number of amides is 2. The van der Waals surface area contributed by atoms with Crippen LogP contribution < -0.4 is 10.6 Å². The van der Waals surface area contributed by atoms with Crippen LogP contribution in [0.4, 0.5) is 5.69 Å². The van der Waals surface area contributed by atoms with E-state index in [0.717, 1.165) is 12.0 Å². The Morgan fingerprint density at radius 3 is 2.70 bits per heavy atom. The van der Waals surface area contributed by atoms with E-state index < -0.39 is 0 Å². The van der Waals surface area contributed by atoms with E-state index in [1.165, 1.54) is 12.3 Å². The van der Waals surface area contributed by atoms with E-state index >= 15 is 0 Å². The molecule has 0 atom stereocenters. The van der Waals surface area contributed by atoms with E-state index in [-0.39, 0.29) is 11.8 Å². The first kappa shape index (κ1) is 16.3. The lowest BCUT2D eigenvalue weighted by Gasteiger charge is -2.10. The van der Waals surface area contributed by atoms with E-state index in [0.29, 0.717) is 29.1 Å².